The van der Waals surface area contributed by atoms with Crippen LogP contribution in [0.4, 0.5) is 11.4 Å². The molecular formula is C12H15N3O3. The van der Waals surface area contributed by atoms with Gasteiger partial charge in [0.1, 0.15) is 5.69 Å². The van der Waals surface area contributed by atoms with Crippen molar-refractivity contribution >= 4 is 23.4 Å². The first-order chi connectivity index (χ1) is 8.52. The van der Waals surface area contributed by atoms with Crippen molar-refractivity contribution in [2.24, 2.45) is 0 Å². The number of nitrogen functional groups attached to an aromatic ring is 1. The van der Waals surface area contributed by atoms with Crippen LogP contribution < -0.4 is 11.1 Å². The van der Waals surface area contributed by atoms with Crippen LogP contribution in [0.5, 0.6) is 0 Å². The van der Waals surface area contributed by atoms with Gasteiger partial charge in [-0.05, 0) is 18.6 Å². The first-order valence-electron chi connectivity index (χ1n) is 5.46. The lowest BCUT2D eigenvalue weighted by atomic mass is 10.1. The number of carbonyl (C=O) groups excluding carboxylic acids is 1. The van der Waals surface area contributed by atoms with E-state index in [9.17, 15) is 14.9 Å². The quantitative estimate of drug-likeness (QED) is 0.359. The number of para-hydroxylation sites is 1. The molecule has 18 heavy (non-hydrogen) atoms. The molecule has 0 radical (unpaired) electrons. The molecule has 0 saturated heterocycles. The maximum absolute atomic E-state index is 10.9. The summed E-state index contributed by atoms with van der Waals surface area (Å²) in [5, 5.41) is 13.5. The number of nitro groups is 1. The van der Waals surface area contributed by atoms with Crippen LogP contribution in [0, 0.1) is 10.1 Å². The first kappa shape index (κ1) is 13.7. The molecule has 1 rings (SSSR count). The molecule has 96 valence electrons. The third kappa shape index (κ3) is 3.89. The second-order valence-electron chi connectivity index (χ2n) is 3.72. The molecule has 3 N–H and O–H groups in total. The van der Waals surface area contributed by atoms with E-state index in [0.29, 0.717) is 18.5 Å². The minimum atomic E-state index is -0.497. The molecule has 0 fully saturated rings. The van der Waals surface area contributed by atoms with E-state index in [4.69, 9.17) is 5.73 Å². The van der Waals surface area contributed by atoms with E-state index in [-0.39, 0.29) is 17.3 Å². The van der Waals surface area contributed by atoms with Gasteiger partial charge in [-0.3, -0.25) is 14.9 Å². The van der Waals surface area contributed by atoms with Gasteiger partial charge in [0.2, 0.25) is 5.91 Å². The number of carbonyl (C=O) groups is 1. The lowest BCUT2D eigenvalue weighted by molar-refractivity contribution is -0.384. The molecule has 0 atom stereocenters. The fourth-order valence-electron chi connectivity index (χ4n) is 1.47. The molecule has 0 unspecified atom stereocenters. The van der Waals surface area contributed by atoms with Crippen molar-refractivity contribution in [3.63, 3.8) is 0 Å². The standard InChI is InChI=1S/C12H15N3O3/c1-9(16)14-8-3-2-5-10-6-4-7-11(13)12(10)15(17)18/h2,4-7H,3,8,13H2,1H3,(H,14,16). The highest BCUT2D eigenvalue weighted by Crippen LogP contribution is 2.26. The molecule has 0 aromatic heterocycles. The zero-order chi connectivity index (χ0) is 13.5. The van der Waals surface area contributed by atoms with Crippen molar-refractivity contribution in [3.8, 4) is 0 Å². The van der Waals surface area contributed by atoms with Crippen molar-refractivity contribution in [2.45, 2.75) is 13.3 Å². The average Bonchev–Trinajstić information content (AvgIpc) is 2.27. The average molecular weight is 249 g/mol. The van der Waals surface area contributed by atoms with Crippen LogP contribution in [0.2, 0.25) is 0 Å². The molecule has 1 aromatic carbocycles. The highest BCUT2D eigenvalue weighted by atomic mass is 16.6. The molecule has 1 aromatic rings. The number of nitrogens with two attached hydrogens (primary N) is 1. The number of nitrogens with one attached hydrogen (secondary N) is 1. The molecule has 0 saturated carbocycles. The summed E-state index contributed by atoms with van der Waals surface area (Å²) in [7, 11) is 0. The SMILES string of the molecule is CC(=O)NCCC=Cc1cccc(N)c1[N+](=O)[O-]. The van der Waals surface area contributed by atoms with E-state index in [1.165, 1.54) is 13.0 Å². The fourth-order valence-corrected chi connectivity index (χ4v) is 1.47. The third-order valence-electron chi connectivity index (χ3n) is 2.26. The molecule has 0 aliphatic heterocycles. The third-order valence-corrected chi connectivity index (χ3v) is 2.26. The highest BCUT2D eigenvalue weighted by Gasteiger charge is 2.14. The van der Waals surface area contributed by atoms with E-state index in [1.807, 2.05) is 0 Å². The zero-order valence-electron chi connectivity index (χ0n) is 10.1. The van der Waals surface area contributed by atoms with Crippen molar-refractivity contribution in [1.29, 1.82) is 0 Å². The molecule has 0 aliphatic rings. The number of hydrogen-bond donors (Lipinski definition) is 2. The maximum atomic E-state index is 10.9. The van der Waals surface area contributed by atoms with Gasteiger partial charge in [-0.15, -0.1) is 0 Å². The molecular weight excluding hydrogens is 234 g/mol. The van der Waals surface area contributed by atoms with Crippen molar-refractivity contribution in [2.75, 3.05) is 12.3 Å². The number of amides is 1. The number of nitro benzene ring substituents is 1. The van der Waals surface area contributed by atoms with Crippen LogP contribution in [0.1, 0.15) is 18.9 Å². The van der Waals surface area contributed by atoms with Gasteiger partial charge in [0, 0.05) is 13.5 Å². The van der Waals surface area contributed by atoms with Crippen molar-refractivity contribution in [1.82, 2.24) is 5.32 Å². The van der Waals surface area contributed by atoms with Gasteiger partial charge in [-0.2, -0.15) is 0 Å². The Labute approximate surface area is 105 Å². The Bertz CT molecular complexity index is 483. The smallest absolute Gasteiger partial charge is 0.299 e. The van der Waals surface area contributed by atoms with Gasteiger partial charge in [0.05, 0.1) is 10.5 Å². The lowest BCUT2D eigenvalue weighted by Gasteiger charge is -2.01. The van der Waals surface area contributed by atoms with Crippen molar-refractivity contribution in [3.05, 3.63) is 40.0 Å². The number of anilines is 1. The zero-order valence-corrected chi connectivity index (χ0v) is 10.1. The minimum absolute atomic E-state index is 0.0896. The summed E-state index contributed by atoms with van der Waals surface area (Å²) >= 11 is 0. The Morgan fingerprint density at radius 2 is 2.28 bits per heavy atom. The van der Waals surface area contributed by atoms with Crippen LogP contribution in [0.3, 0.4) is 0 Å². The normalized spacial score (nSPS) is 10.5. The van der Waals surface area contributed by atoms with Crippen LogP contribution in [-0.4, -0.2) is 17.4 Å². The summed E-state index contributed by atoms with van der Waals surface area (Å²) in [6.45, 7) is 1.94. The van der Waals surface area contributed by atoms with Gasteiger partial charge in [-0.25, -0.2) is 0 Å². The molecule has 0 aliphatic carbocycles. The van der Waals surface area contributed by atoms with E-state index in [2.05, 4.69) is 5.32 Å². The largest absolute Gasteiger partial charge is 0.393 e. The number of rotatable bonds is 5. The Morgan fingerprint density at radius 1 is 1.56 bits per heavy atom. The number of benzene rings is 1. The molecule has 0 heterocycles. The Hall–Kier alpha value is -2.37. The first-order valence-corrected chi connectivity index (χ1v) is 5.46. The Kier molecular flexibility index (Phi) is 4.86. The number of hydrogen-bond acceptors (Lipinski definition) is 4. The summed E-state index contributed by atoms with van der Waals surface area (Å²) in [5.41, 5.74) is 6.07. The molecule has 0 spiro atoms. The van der Waals surface area contributed by atoms with Crippen LogP contribution in [-0.2, 0) is 4.79 Å². The van der Waals surface area contributed by atoms with Crippen LogP contribution in [0.15, 0.2) is 24.3 Å². The molecule has 6 nitrogen and oxygen atoms in total. The van der Waals surface area contributed by atoms with E-state index < -0.39 is 4.92 Å². The van der Waals surface area contributed by atoms with E-state index >= 15 is 0 Å². The predicted molar refractivity (Wildman–Crippen MR) is 69.8 cm³/mol. The number of nitrogens with zero attached hydrogens (tertiary/aromatic N) is 1. The summed E-state index contributed by atoms with van der Waals surface area (Å²) in [5.74, 6) is -0.0988. The lowest BCUT2D eigenvalue weighted by Crippen LogP contribution is -2.20. The highest BCUT2D eigenvalue weighted by molar-refractivity contribution is 5.73. The second kappa shape index (κ2) is 6.39. The molecule has 0 bridgehead atoms. The van der Waals surface area contributed by atoms with E-state index in [1.54, 1.807) is 24.3 Å². The van der Waals surface area contributed by atoms with Gasteiger partial charge >= 0.3 is 0 Å². The summed E-state index contributed by atoms with van der Waals surface area (Å²) in [4.78, 5) is 21.0. The summed E-state index contributed by atoms with van der Waals surface area (Å²) in [6.07, 6.45) is 4.00. The summed E-state index contributed by atoms with van der Waals surface area (Å²) in [6, 6.07) is 4.78. The Balaban J connectivity index is 2.72. The van der Waals surface area contributed by atoms with Crippen LogP contribution >= 0.6 is 0 Å². The predicted octanol–water partition coefficient (Wildman–Crippen LogP) is 1.72. The topological polar surface area (TPSA) is 98.3 Å². The Morgan fingerprint density at radius 3 is 2.89 bits per heavy atom. The molecule has 6 heteroatoms. The fraction of sp³-hybridized carbons (Fsp3) is 0.250. The van der Waals surface area contributed by atoms with E-state index in [0.717, 1.165) is 0 Å². The maximum Gasteiger partial charge on any atom is 0.299 e. The van der Waals surface area contributed by atoms with Gasteiger partial charge in [0.25, 0.3) is 5.69 Å². The summed E-state index contributed by atoms with van der Waals surface area (Å²) < 4.78 is 0. The molecule has 1 amide bonds. The van der Waals surface area contributed by atoms with Crippen LogP contribution in [0.25, 0.3) is 6.08 Å². The van der Waals surface area contributed by atoms with Gasteiger partial charge in [0.15, 0.2) is 0 Å². The van der Waals surface area contributed by atoms with Gasteiger partial charge < -0.3 is 11.1 Å². The van der Waals surface area contributed by atoms with Gasteiger partial charge in [-0.1, -0.05) is 18.2 Å². The monoisotopic (exact) mass is 249 g/mol. The van der Waals surface area contributed by atoms with Crippen molar-refractivity contribution < 1.29 is 9.72 Å². The second-order valence-corrected chi connectivity index (χ2v) is 3.72. The minimum Gasteiger partial charge on any atom is -0.393 e.